The van der Waals surface area contributed by atoms with E-state index >= 15 is 0 Å². The Bertz CT molecular complexity index is 51.0. The molecular formula is C6H16BrNO. The molecule has 0 aliphatic heterocycles. The first-order valence-corrected chi connectivity index (χ1v) is 3.74. The van der Waals surface area contributed by atoms with Crippen molar-refractivity contribution in [3.63, 3.8) is 0 Å². The molecule has 0 aromatic heterocycles. The molecule has 0 saturated heterocycles. The molecule has 0 unspecified atom stereocenters. The van der Waals surface area contributed by atoms with Gasteiger partial charge in [-0.3, -0.25) is 0 Å². The molecular weight excluding hydrogens is 182 g/mol. The van der Waals surface area contributed by atoms with Crippen LogP contribution in [0.4, 0.5) is 0 Å². The molecule has 0 heterocycles. The molecule has 0 saturated carbocycles. The zero-order valence-electron chi connectivity index (χ0n) is 6.65. The Kier molecular flexibility index (Phi) is 8.77. The van der Waals surface area contributed by atoms with Gasteiger partial charge < -0.3 is 8.68 Å². The van der Waals surface area contributed by atoms with Gasteiger partial charge in [0, 0.05) is 0 Å². The van der Waals surface area contributed by atoms with Gasteiger partial charge in [0.25, 0.3) is 0 Å². The zero-order chi connectivity index (χ0) is 7.91. The van der Waals surface area contributed by atoms with Crippen LogP contribution in [0.5, 0.6) is 0 Å². The maximum atomic E-state index is 8.06. The highest BCUT2D eigenvalue weighted by molar-refractivity contribution is 9.04. The molecule has 9 heavy (non-hydrogen) atoms. The highest BCUT2D eigenvalue weighted by Crippen LogP contribution is 1.91. The molecule has 0 bridgehead atoms. The Morgan fingerprint density at radius 3 is 1.33 bits per heavy atom. The Labute approximate surface area is 66.5 Å². The first kappa shape index (κ1) is 12.1. The summed E-state index contributed by atoms with van der Waals surface area (Å²) in [4.78, 5) is 0. The standard InChI is InChI=1S/C6H16N.BrO/c1-5-7(3,4)6-2;1-2/h5-6H2,1-4H3;/q+1;-1. The predicted molar refractivity (Wildman–Crippen MR) is 42.1 cm³/mol. The lowest BCUT2D eigenvalue weighted by Crippen LogP contribution is -2.38. The van der Waals surface area contributed by atoms with Crippen molar-refractivity contribution in [2.45, 2.75) is 13.8 Å². The smallest absolute Gasteiger partial charge is 0.0753 e. The van der Waals surface area contributed by atoms with Crippen LogP contribution >= 0.6 is 16.3 Å². The van der Waals surface area contributed by atoms with Gasteiger partial charge in [-0.05, 0) is 13.8 Å². The topological polar surface area (TPSA) is 23.1 Å². The van der Waals surface area contributed by atoms with Gasteiger partial charge in [-0.25, -0.2) is 16.3 Å². The SMILES string of the molecule is CC[N+](C)(C)CC.[O-]Br. The maximum Gasteiger partial charge on any atom is 0.0753 e. The van der Waals surface area contributed by atoms with Gasteiger partial charge in [0.2, 0.25) is 0 Å². The summed E-state index contributed by atoms with van der Waals surface area (Å²) in [6, 6.07) is 0. The average Bonchev–Trinajstić information content (AvgIpc) is 1.93. The van der Waals surface area contributed by atoms with Gasteiger partial charge in [0.1, 0.15) is 0 Å². The molecule has 0 N–H and O–H groups in total. The quantitative estimate of drug-likeness (QED) is 0.600. The fraction of sp³-hybridized carbons (Fsp3) is 1.00. The molecule has 0 radical (unpaired) electrons. The molecule has 0 aromatic rings. The van der Waals surface area contributed by atoms with Gasteiger partial charge >= 0.3 is 0 Å². The summed E-state index contributed by atoms with van der Waals surface area (Å²) in [6.45, 7) is 6.89. The van der Waals surface area contributed by atoms with Crippen molar-refractivity contribution in [2.24, 2.45) is 0 Å². The van der Waals surface area contributed by atoms with Crippen LogP contribution in [0, 0.1) is 0 Å². The summed E-state index contributed by atoms with van der Waals surface area (Å²) in [5.41, 5.74) is 0. The molecule has 0 aromatic carbocycles. The normalized spacial score (nSPS) is 10.0. The van der Waals surface area contributed by atoms with E-state index in [1.165, 1.54) is 13.1 Å². The summed E-state index contributed by atoms with van der Waals surface area (Å²) in [7, 11) is 4.47. The Morgan fingerprint density at radius 2 is 1.33 bits per heavy atom. The molecule has 2 nitrogen and oxygen atoms in total. The average molecular weight is 198 g/mol. The lowest BCUT2D eigenvalue weighted by atomic mass is 10.5. The summed E-state index contributed by atoms with van der Waals surface area (Å²) in [5, 5.41) is 0. The van der Waals surface area contributed by atoms with Crippen LogP contribution in [0.15, 0.2) is 0 Å². The van der Waals surface area contributed by atoms with E-state index in [0.29, 0.717) is 0 Å². The highest BCUT2D eigenvalue weighted by Gasteiger charge is 2.04. The van der Waals surface area contributed by atoms with E-state index in [-0.39, 0.29) is 0 Å². The lowest BCUT2D eigenvalue weighted by Gasteiger charge is -2.25. The zero-order valence-corrected chi connectivity index (χ0v) is 8.23. The number of nitrogens with zero attached hydrogens (tertiary/aromatic N) is 1. The summed E-state index contributed by atoms with van der Waals surface area (Å²) >= 11 is 1.69. The molecule has 0 aliphatic rings. The number of rotatable bonds is 2. The minimum Gasteiger partial charge on any atom is -0.791 e. The monoisotopic (exact) mass is 197 g/mol. The van der Waals surface area contributed by atoms with E-state index in [0.717, 1.165) is 4.48 Å². The maximum absolute atomic E-state index is 8.06. The Balaban J connectivity index is 0. The first-order chi connectivity index (χ1) is 4.12. The van der Waals surface area contributed by atoms with E-state index in [1.807, 2.05) is 0 Å². The largest absolute Gasteiger partial charge is 0.791 e. The van der Waals surface area contributed by atoms with Crippen LogP contribution in [0.3, 0.4) is 0 Å². The number of hydrogen-bond acceptors (Lipinski definition) is 1. The van der Waals surface area contributed by atoms with Crippen LogP contribution in [0.1, 0.15) is 13.8 Å². The van der Waals surface area contributed by atoms with Crippen molar-refractivity contribution < 1.29 is 8.68 Å². The molecule has 58 valence electrons. The van der Waals surface area contributed by atoms with Crippen LogP contribution in [0.25, 0.3) is 0 Å². The molecule has 0 amide bonds. The van der Waals surface area contributed by atoms with Crippen molar-refractivity contribution in [1.82, 2.24) is 0 Å². The van der Waals surface area contributed by atoms with Gasteiger partial charge in [-0.15, -0.1) is 0 Å². The van der Waals surface area contributed by atoms with E-state index in [2.05, 4.69) is 27.9 Å². The third-order valence-corrected chi connectivity index (χ3v) is 1.71. The van der Waals surface area contributed by atoms with Gasteiger partial charge in [-0.2, -0.15) is 0 Å². The number of halogens is 1. The van der Waals surface area contributed by atoms with E-state index in [9.17, 15) is 0 Å². The molecule has 0 atom stereocenters. The van der Waals surface area contributed by atoms with E-state index in [1.54, 1.807) is 16.3 Å². The summed E-state index contributed by atoms with van der Waals surface area (Å²) < 4.78 is 9.20. The molecule has 0 spiro atoms. The van der Waals surface area contributed by atoms with Crippen LogP contribution < -0.4 is 4.20 Å². The first-order valence-electron chi connectivity index (χ1n) is 3.10. The molecule has 3 heteroatoms. The van der Waals surface area contributed by atoms with Gasteiger partial charge in [0.15, 0.2) is 0 Å². The van der Waals surface area contributed by atoms with Gasteiger partial charge in [0.05, 0.1) is 27.2 Å². The predicted octanol–water partition coefficient (Wildman–Crippen LogP) is 0.759. The summed E-state index contributed by atoms with van der Waals surface area (Å²) in [5.74, 6) is 0. The minimum atomic E-state index is 1.14. The second-order valence-electron chi connectivity index (χ2n) is 2.57. The van der Waals surface area contributed by atoms with Crippen LogP contribution in [-0.4, -0.2) is 31.7 Å². The third kappa shape index (κ3) is 8.40. The number of quaternary nitrogens is 1. The molecule has 0 rings (SSSR count). The third-order valence-electron chi connectivity index (χ3n) is 1.71. The van der Waals surface area contributed by atoms with E-state index < -0.39 is 0 Å². The van der Waals surface area contributed by atoms with Crippen LogP contribution in [-0.2, 0) is 0 Å². The fourth-order valence-electron chi connectivity index (χ4n) is 0.224. The van der Waals surface area contributed by atoms with Gasteiger partial charge in [-0.1, -0.05) is 0 Å². The summed E-state index contributed by atoms with van der Waals surface area (Å²) in [6.07, 6.45) is 0. The molecule has 0 aliphatic carbocycles. The minimum absolute atomic E-state index is 1.14. The van der Waals surface area contributed by atoms with Crippen molar-refractivity contribution in [3.8, 4) is 0 Å². The Hall–Kier alpha value is 0.400. The lowest BCUT2D eigenvalue weighted by molar-refractivity contribution is -0.886. The van der Waals surface area contributed by atoms with Crippen molar-refractivity contribution in [3.05, 3.63) is 0 Å². The molecule has 0 fully saturated rings. The number of hydrogen-bond donors (Lipinski definition) is 0. The van der Waals surface area contributed by atoms with E-state index in [4.69, 9.17) is 4.20 Å². The van der Waals surface area contributed by atoms with Crippen molar-refractivity contribution >= 4 is 16.3 Å². The second kappa shape index (κ2) is 6.52. The van der Waals surface area contributed by atoms with Crippen molar-refractivity contribution in [1.29, 1.82) is 0 Å². The van der Waals surface area contributed by atoms with Crippen LogP contribution in [0.2, 0.25) is 0 Å². The van der Waals surface area contributed by atoms with Crippen molar-refractivity contribution in [2.75, 3.05) is 27.2 Å². The highest BCUT2D eigenvalue weighted by atomic mass is 79.9. The fourth-order valence-corrected chi connectivity index (χ4v) is 0.224. The Morgan fingerprint density at radius 1 is 1.11 bits per heavy atom. The second-order valence-corrected chi connectivity index (χ2v) is 2.57.